The molecule has 1 aromatic heterocycles. The number of alkyl halides is 1. The number of aliphatic hydroxyl groups excluding tert-OH is 1. The van der Waals surface area contributed by atoms with Crippen molar-refractivity contribution >= 4 is 5.91 Å². The van der Waals surface area contributed by atoms with E-state index in [1.165, 1.54) is 0 Å². The smallest absolute Gasteiger partial charge is 0.228 e. The van der Waals surface area contributed by atoms with E-state index < -0.39 is 11.1 Å². The first-order chi connectivity index (χ1) is 11.8. The van der Waals surface area contributed by atoms with Crippen LogP contribution >= 0.6 is 0 Å². The number of aromatic nitrogens is 1. The Morgan fingerprint density at radius 1 is 1.28 bits per heavy atom. The summed E-state index contributed by atoms with van der Waals surface area (Å²) >= 11 is 0. The summed E-state index contributed by atoms with van der Waals surface area (Å²) in [6.45, 7) is 4.91. The number of pyridine rings is 1. The second-order valence-electron chi connectivity index (χ2n) is 8.23. The summed E-state index contributed by atoms with van der Waals surface area (Å²) in [6.07, 6.45) is 6.99. The summed E-state index contributed by atoms with van der Waals surface area (Å²) < 4.78 is 15.2. The van der Waals surface area contributed by atoms with Gasteiger partial charge >= 0.3 is 0 Å². The van der Waals surface area contributed by atoms with Gasteiger partial charge in [0, 0.05) is 49.3 Å². The Balaban J connectivity index is 1.63. The Hall–Kier alpha value is -1.49. The van der Waals surface area contributed by atoms with Crippen LogP contribution in [0.5, 0.6) is 0 Å². The molecule has 0 atom stereocenters. The van der Waals surface area contributed by atoms with Crippen molar-refractivity contribution in [2.24, 2.45) is 11.3 Å². The highest BCUT2D eigenvalue weighted by Gasteiger charge is 2.44. The maximum absolute atomic E-state index is 15.2. The summed E-state index contributed by atoms with van der Waals surface area (Å²) in [5.74, 6) is 0.418. The van der Waals surface area contributed by atoms with Crippen molar-refractivity contribution in [3.63, 3.8) is 0 Å². The van der Waals surface area contributed by atoms with Gasteiger partial charge in [0.15, 0.2) is 0 Å². The van der Waals surface area contributed by atoms with Crippen LogP contribution in [0.4, 0.5) is 4.39 Å². The Morgan fingerprint density at radius 3 is 2.48 bits per heavy atom. The minimum absolute atomic E-state index is 0.127. The average molecular weight is 348 g/mol. The van der Waals surface area contributed by atoms with Crippen LogP contribution in [0, 0.1) is 11.3 Å². The summed E-state index contributed by atoms with van der Waals surface area (Å²) in [6, 6.07) is 3.54. The molecule has 0 spiro atoms. The summed E-state index contributed by atoms with van der Waals surface area (Å²) in [5.41, 5.74) is -1.22. The van der Waals surface area contributed by atoms with Gasteiger partial charge in [0.25, 0.3) is 0 Å². The number of rotatable bonds is 3. The molecule has 0 radical (unpaired) electrons. The lowest BCUT2D eigenvalue weighted by molar-refractivity contribution is -0.147. The van der Waals surface area contributed by atoms with Crippen molar-refractivity contribution in [3.05, 3.63) is 30.1 Å². The molecule has 1 aliphatic carbocycles. The lowest BCUT2D eigenvalue weighted by atomic mass is 9.69. The molecule has 3 rings (SSSR count). The van der Waals surface area contributed by atoms with Crippen molar-refractivity contribution < 1.29 is 14.3 Å². The van der Waals surface area contributed by atoms with Crippen molar-refractivity contribution in [1.29, 1.82) is 0 Å². The lowest BCUT2D eigenvalue weighted by Gasteiger charge is -2.43. The molecule has 0 aromatic carbocycles. The van der Waals surface area contributed by atoms with Crippen LogP contribution in [0.2, 0.25) is 0 Å². The van der Waals surface area contributed by atoms with E-state index in [4.69, 9.17) is 0 Å². The van der Waals surface area contributed by atoms with Crippen LogP contribution in [-0.4, -0.2) is 40.1 Å². The molecule has 2 aliphatic rings. The number of carbonyl (C=O) groups excluding carboxylic acids is 1. The van der Waals surface area contributed by atoms with Gasteiger partial charge in [-0.1, -0.05) is 19.9 Å². The van der Waals surface area contributed by atoms with Crippen molar-refractivity contribution in [2.45, 2.75) is 64.1 Å². The van der Waals surface area contributed by atoms with Crippen LogP contribution in [0.3, 0.4) is 0 Å². The number of hydrogen-bond acceptors (Lipinski definition) is 3. The molecule has 2 heterocycles. The van der Waals surface area contributed by atoms with Crippen molar-refractivity contribution in [3.8, 4) is 0 Å². The summed E-state index contributed by atoms with van der Waals surface area (Å²) in [4.78, 5) is 18.9. The number of carbonyl (C=O) groups is 1. The molecule has 5 heteroatoms. The topological polar surface area (TPSA) is 53.4 Å². The van der Waals surface area contributed by atoms with Crippen molar-refractivity contribution in [2.75, 3.05) is 13.1 Å². The molecule has 1 saturated carbocycles. The molecule has 1 saturated heterocycles. The number of nitrogens with zero attached hydrogens (tertiary/aromatic N) is 2. The van der Waals surface area contributed by atoms with Crippen LogP contribution in [-0.2, 0) is 10.5 Å². The van der Waals surface area contributed by atoms with Crippen molar-refractivity contribution in [1.82, 2.24) is 9.88 Å². The molecule has 1 aliphatic heterocycles. The van der Waals surface area contributed by atoms with Gasteiger partial charge in [-0.3, -0.25) is 9.78 Å². The zero-order valence-electron chi connectivity index (χ0n) is 15.2. The number of hydrogen-bond donors (Lipinski definition) is 1. The molecule has 1 amide bonds. The number of likely N-dealkylation sites (tertiary alicyclic amines) is 1. The van der Waals surface area contributed by atoms with Gasteiger partial charge in [-0.05, 0) is 37.7 Å². The largest absolute Gasteiger partial charge is 0.393 e. The number of aliphatic hydroxyl groups is 1. The SMILES string of the molecule is CC(C)(C(=O)N1CCC(F)(c2cccnc2)CC1)C1CCC(O)CC1. The van der Waals surface area contributed by atoms with E-state index in [-0.39, 0.29) is 12.0 Å². The van der Waals surface area contributed by atoms with E-state index in [9.17, 15) is 9.90 Å². The van der Waals surface area contributed by atoms with E-state index in [2.05, 4.69) is 4.98 Å². The van der Waals surface area contributed by atoms with E-state index in [0.717, 1.165) is 25.7 Å². The van der Waals surface area contributed by atoms with Gasteiger partial charge in [-0.2, -0.15) is 0 Å². The first-order valence-electron chi connectivity index (χ1n) is 9.40. The van der Waals surface area contributed by atoms with Crippen LogP contribution < -0.4 is 0 Å². The molecular weight excluding hydrogens is 319 g/mol. The highest BCUT2D eigenvalue weighted by atomic mass is 19.1. The first kappa shape index (κ1) is 18.3. The van der Waals surface area contributed by atoms with Crippen LogP contribution in [0.15, 0.2) is 24.5 Å². The third-order valence-corrected chi connectivity index (χ3v) is 6.29. The van der Waals surface area contributed by atoms with E-state index >= 15 is 4.39 Å². The maximum Gasteiger partial charge on any atom is 0.228 e. The second kappa shape index (κ2) is 7.02. The molecule has 1 aromatic rings. The molecule has 138 valence electrons. The van der Waals surface area contributed by atoms with Gasteiger partial charge in [0.1, 0.15) is 5.67 Å². The minimum atomic E-state index is -1.38. The zero-order chi connectivity index (χ0) is 18.1. The van der Waals surface area contributed by atoms with Gasteiger partial charge in [0.05, 0.1) is 6.10 Å². The molecule has 0 unspecified atom stereocenters. The van der Waals surface area contributed by atoms with E-state index in [1.807, 2.05) is 18.7 Å². The fourth-order valence-corrected chi connectivity index (χ4v) is 4.36. The number of halogens is 1. The predicted molar refractivity (Wildman–Crippen MR) is 94.6 cm³/mol. The summed E-state index contributed by atoms with van der Waals surface area (Å²) in [5, 5.41) is 9.70. The second-order valence-corrected chi connectivity index (χ2v) is 8.23. The van der Waals surface area contributed by atoms with E-state index in [0.29, 0.717) is 37.4 Å². The standard InChI is InChI=1S/C20H29FN2O2/c1-19(2,15-5-7-17(24)8-6-15)18(25)23-12-9-20(21,10-13-23)16-4-3-11-22-14-16/h3-4,11,14-15,17,24H,5-10,12-13H2,1-2H3. The zero-order valence-corrected chi connectivity index (χ0v) is 15.2. The van der Waals surface area contributed by atoms with Crippen LogP contribution in [0.25, 0.3) is 0 Å². The third-order valence-electron chi connectivity index (χ3n) is 6.29. The Morgan fingerprint density at radius 2 is 1.92 bits per heavy atom. The molecular formula is C20H29FN2O2. The summed E-state index contributed by atoms with van der Waals surface area (Å²) in [7, 11) is 0. The number of piperidine rings is 1. The Bertz CT molecular complexity index is 589. The van der Waals surface area contributed by atoms with E-state index in [1.54, 1.807) is 24.5 Å². The fraction of sp³-hybridized carbons (Fsp3) is 0.700. The molecule has 4 nitrogen and oxygen atoms in total. The Kier molecular flexibility index (Phi) is 5.14. The Labute approximate surface area is 149 Å². The maximum atomic E-state index is 15.2. The monoisotopic (exact) mass is 348 g/mol. The van der Waals surface area contributed by atoms with Gasteiger partial charge < -0.3 is 10.0 Å². The fourth-order valence-electron chi connectivity index (χ4n) is 4.36. The molecule has 25 heavy (non-hydrogen) atoms. The lowest BCUT2D eigenvalue weighted by Crippen LogP contribution is -2.50. The molecule has 1 N–H and O–H groups in total. The highest BCUT2D eigenvalue weighted by molar-refractivity contribution is 5.82. The normalized spacial score (nSPS) is 27.1. The molecule has 0 bridgehead atoms. The minimum Gasteiger partial charge on any atom is -0.393 e. The average Bonchev–Trinajstić information content (AvgIpc) is 2.63. The quantitative estimate of drug-likeness (QED) is 0.910. The highest BCUT2D eigenvalue weighted by Crippen LogP contribution is 2.42. The third kappa shape index (κ3) is 3.71. The van der Waals surface area contributed by atoms with Gasteiger partial charge in [-0.15, -0.1) is 0 Å². The van der Waals surface area contributed by atoms with Gasteiger partial charge in [0.2, 0.25) is 5.91 Å². The molecule has 2 fully saturated rings. The van der Waals surface area contributed by atoms with Gasteiger partial charge in [-0.25, -0.2) is 4.39 Å². The first-order valence-corrected chi connectivity index (χ1v) is 9.40. The van der Waals surface area contributed by atoms with Crippen LogP contribution in [0.1, 0.15) is 57.9 Å². The number of amides is 1. The predicted octanol–water partition coefficient (Wildman–Crippen LogP) is 3.45.